The number of non-ortho nitro benzene ring substituents is 1. The number of fused-ring (bicyclic) bond motifs is 1. The summed E-state index contributed by atoms with van der Waals surface area (Å²) < 4.78 is 2.16. The first-order chi connectivity index (χ1) is 10.9. The summed E-state index contributed by atoms with van der Waals surface area (Å²) in [6.07, 6.45) is 1.38. The molecule has 0 aliphatic heterocycles. The summed E-state index contributed by atoms with van der Waals surface area (Å²) in [5.41, 5.74) is -0.187. The number of nitro groups is 1. The highest BCUT2D eigenvalue weighted by atomic mass is 16.6. The molecule has 1 aromatic carbocycles. The second-order valence-corrected chi connectivity index (χ2v) is 4.94. The summed E-state index contributed by atoms with van der Waals surface area (Å²) in [6.45, 7) is 0. The van der Waals surface area contributed by atoms with E-state index >= 15 is 0 Å². The third-order valence-electron chi connectivity index (χ3n) is 3.50. The monoisotopic (exact) mass is 313 g/mol. The van der Waals surface area contributed by atoms with Gasteiger partial charge in [0.05, 0.1) is 16.8 Å². The first-order valence-electron chi connectivity index (χ1n) is 6.57. The summed E-state index contributed by atoms with van der Waals surface area (Å²) in [5.74, 6) is 0. The molecule has 0 aliphatic carbocycles. The van der Waals surface area contributed by atoms with E-state index in [-0.39, 0.29) is 16.9 Å². The third kappa shape index (κ3) is 2.27. The van der Waals surface area contributed by atoms with Crippen LogP contribution in [0, 0.1) is 10.1 Å². The van der Waals surface area contributed by atoms with E-state index < -0.39 is 16.2 Å². The Labute approximate surface area is 128 Å². The Bertz CT molecular complexity index is 1070. The van der Waals surface area contributed by atoms with Crippen molar-refractivity contribution in [3.8, 4) is 11.3 Å². The van der Waals surface area contributed by atoms with Crippen LogP contribution in [-0.2, 0) is 14.1 Å². The minimum atomic E-state index is -0.567. The smallest absolute Gasteiger partial charge is 0.279 e. The molecule has 2 heterocycles. The Morgan fingerprint density at radius 3 is 2.61 bits per heavy atom. The van der Waals surface area contributed by atoms with Gasteiger partial charge in [0.15, 0.2) is 11.2 Å². The number of hydrogen-bond donors (Lipinski definition) is 0. The van der Waals surface area contributed by atoms with Crippen LogP contribution in [0.2, 0.25) is 0 Å². The highest BCUT2D eigenvalue weighted by molar-refractivity contribution is 5.73. The van der Waals surface area contributed by atoms with Gasteiger partial charge in [0, 0.05) is 31.8 Å². The van der Waals surface area contributed by atoms with E-state index in [9.17, 15) is 19.7 Å². The van der Waals surface area contributed by atoms with Gasteiger partial charge in [-0.3, -0.25) is 24.0 Å². The van der Waals surface area contributed by atoms with Crippen LogP contribution in [0.5, 0.6) is 0 Å². The molecule has 3 aromatic rings. The van der Waals surface area contributed by atoms with E-state index in [1.165, 1.54) is 43.1 Å². The highest BCUT2D eigenvalue weighted by Gasteiger charge is 2.14. The second-order valence-electron chi connectivity index (χ2n) is 4.94. The van der Waals surface area contributed by atoms with Crippen molar-refractivity contribution in [2.75, 3.05) is 0 Å². The van der Waals surface area contributed by atoms with Gasteiger partial charge in [0.2, 0.25) is 0 Å². The predicted octanol–water partition coefficient (Wildman–Crippen LogP) is 0.602. The minimum absolute atomic E-state index is 0.0265. The Hall–Kier alpha value is -3.36. The van der Waals surface area contributed by atoms with E-state index in [2.05, 4.69) is 9.97 Å². The SMILES string of the molecule is Cn1c(=O)c2nc(-c3cccc([N+](=O)[O-])c3)cnc2n(C)c1=O. The van der Waals surface area contributed by atoms with Crippen LogP contribution in [0.1, 0.15) is 0 Å². The second kappa shape index (κ2) is 5.13. The molecular weight excluding hydrogens is 302 g/mol. The maximum Gasteiger partial charge on any atom is 0.332 e. The Kier molecular flexibility index (Phi) is 3.25. The summed E-state index contributed by atoms with van der Waals surface area (Å²) in [6, 6.07) is 5.87. The van der Waals surface area contributed by atoms with Crippen molar-refractivity contribution < 1.29 is 4.92 Å². The van der Waals surface area contributed by atoms with Crippen LogP contribution in [0.4, 0.5) is 5.69 Å². The summed E-state index contributed by atoms with van der Waals surface area (Å²) in [4.78, 5) is 42.7. The van der Waals surface area contributed by atoms with Crippen molar-refractivity contribution in [3.63, 3.8) is 0 Å². The van der Waals surface area contributed by atoms with Crippen LogP contribution in [0.3, 0.4) is 0 Å². The highest BCUT2D eigenvalue weighted by Crippen LogP contribution is 2.22. The first kappa shape index (κ1) is 14.6. The number of nitrogens with zero attached hydrogens (tertiary/aromatic N) is 5. The number of nitro benzene ring substituents is 1. The summed E-state index contributed by atoms with van der Waals surface area (Å²) in [5, 5.41) is 10.9. The Balaban J connectivity index is 2.30. The van der Waals surface area contributed by atoms with Crippen molar-refractivity contribution in [1.82, 2.24) is 19.1 Å². The number of benzene rings is 1. The van der Waals surface area contributed by atoms with Gasteiger partial charge in [-0.25, -0.2) is 14.8 Å². The molecule has 2 aromatic heterocycles. The maximum absolute atomic E-state index is 12.2. The molecule has 3 rings (SSSR count). The fourth-order valence-electron chi connectivity index (χ4n) is 2.25. The van der Waals surface area contributed by atoms with Gasteiger partial charge in [-0.15, -0.1) is 0 Å². The van der Waals surface area contributed by atoms with Gasteiger partial charge in [0.1, 0.15) is 0 Å². The van der Waals surface area contributed by atoms with Crippen LogP contribution in [0.15, 0.2) is 40.1 Å². The van der Waals surface area contributed by atoms with Crippen LogP contribution >= 0.6 is 0 Å². The molecule has 0 bridgehead atoms. The molecule has 0 saturated heterocycles. The summed E-state index contributed by atoms with van der Waals surface area (Å²) in [7, 11) is 2.84. The largest absolute Gasteiger partial charge is 0.332 e. The van der Waals surface area contributed by atoms with Gasteiger partial charge in [-0.1, -0.05) is 12.1 Å². The Morgan fingerprint density at radius 1 is 1.17 bits per heavy atom. The third-order valence-corrected chi connectivity index (χ3v) is 3.50. The number of rotatable bonds is 2. The van der Waals surface area contributed by atoms with E-state index in [1.807, 2.05) is 0 Å². The van der Waals surface area contributed by atoms with Crippen LogP contribution in [0.25, 0.3) is 22.4 Å². The fourth-order valence-corrected chi connectivity index (χ4v) is 2.25. The van der Waals surface area contributed by atoms with Crippen molar-refractivity contribution in [2.24, 2.45) is 14.1 Å². The van der Waals surface area contributed by atoms with Crippen molar-refractivity contribution >= 4 is 16.9 Å². The van der Waals surface area contributed by atoms with E-state index in [1.54, 1.807) is 6.07 Å². The maximum atomic E-state index is 12.2. The lowest BCUT2D eigenvalue weighted by Gasteiger charge is -2.07. The zero-order valence-corrected chi connectivity index (χ0v) is 12.3. The van der Waals surface area contributed by atoms with Gasteiger partial charge in [0.25, 0.3) is 11.2 Å². The average molecular weight is 313 g/mol. The number of hydrogen-bond acceptors (Lipinski definition) is 6. The van der Waals surface area contributed by atoms with Crippen LogP contribution < -0.4 is 11.2 Å². The van der Waals surface area contributed by atoms with Gasteiger partial charge < -0.3 is 0 Å². The normalized spacial score (nSPS) is 10.9. The quantitative estimate of drug-likeness (QED) is 0.506. The van der Waals surface area contributed by atoms with E-state index in [4.69, 9.17) is 0 Å². The average Bonchev–Trinajstić information content (AvgIpc) is 2.57. The van der Waals surface area contributed by atoms with Gasteiger partial charge >= 0.3 is 5.69 Å². The minimum Gasteiger partial charge on any atom is -0.279 e. The zero-order valence-electron chi connectivity index (χ0n) is 12.3. The molecule has 0 unspecified atom stereocenters. The Morgan fingerprint density at radius 2 is 1.91 bits per heavy atom. The van der Waals surface area contributed by atoms with Crippen molar-refractivity contribution in [2.45, 2.75) is 0 Å². The molecule has 0 spiro atoms. The zero-order chi connectivity index (χ0) is 16.7. The molecule has 0 radical (unpaired) electrons. The van der Waals surface area contributed by atoms with E-state index in [0.29, 0.717) is 11.3 Å². The molecule has 0 N–H and O–H groups in total. The first-order valence-corrected chi connectivity index (χ1v) is 6.57. The van der Waals surface area contributed by atoms with Gasteiger partial charge in [-0.2, -0.15) is 0 Å². The molecule has 0 atom stereocenters. The number of aryl methyl sites for hydroxylation is 1. The lowest BCUT2D eigenvalue weighted by Crippen LogP contribution is -2.37. The predicted molar refractivity (Wildman–Crippen MR) is 82.1 cm³/mol. The molecular formula is C14H11N5O4. The lowest BCUT2D eigenvalue weighted by atomic mass is 10.1. The lowest BCUT2D eigenvalue weighted by molar-refractivity contribution is -0.384. The standard InChI is InChI=1S/C14H11N5O4/c1-17-12-11(13(20)18(2)14(17)21)16-10(7-15-12)8-4-3-5-9(6-8)19(22)23/h3-7H,1-2H3. The van der Waals surface area contributed by atoms with Crippen LogP contribution in [-0.4, -0.2) is 24.0 Å². The topological polar surface area (TPSA) is 113 Å². The molecule has 116 valence electrons. The number of aromatic nitrogens is 4. The molecule has 9 heteroatoms. The van der Waals surface area contributed by atoms with Gasteiger partial charge in [-0.05, 0) is 0 Å². The van der Waals surface area contributed by atoms with Crippen molar-refractivity contribution in [3.05, 3.63) is 61.4 Å². The molecule has 0 amide bonds. The molecule has 0 saturated carbocycles. The fraction of sp³-hybridized carbons (Fsp3) is 0.143. The molecule has 9 nitrogen and oxygen atoms in total. The summed E-state index contributed by atoms with van der Waals surface area (Å²) >= 11 is 0. The van der Waals surface area contributed by atoms with E-state index in [0.717, 1.165) is 4.57 Å². The van der Waals surface area contributed by atoms with Crippen molar-refractivity contribution in [1.29, 1.82) is 0 Å². The molecule has 0 aliphatic rings. The molecule has 0 fully saturated rings. The molecule has 23 heavy (non-hydrogen) atoms.